The van der Waals surface area contributed by atoms with Gasteiger partial charge in [-0.25, -0.2) is 0 Å². The molecule has 0 atom stereocenters. The Morgan fingerprint density at radius 3 is 2.24 bits per heavy atom. The Hall–Kier alpha value is 0.411. The molecule has 0 bridgehead atoms. The predicted molar refractivity (Wildman–Crippen MR) is 61.0 cm³/mol. The molecule has 0 aliphatic heterocycles. The zero-order chi connectivity index (χ0) is 12.2. The van der Waals surface area contributed by atoms with E-state index < -0.39 is 12.4 Å². The van der Waals surface area contributed by atoms with Crippen molar-refractivity contribution in [2.45, 2.75) is 6.54 Å². The molecule has 1 aromatic carbocycles. The van der Waals surface area contributed by atoms with Gasteiger partial charge in [-0.05, 0) is 19.2 Å². The average Bonchev–Trinajstić information content (AvgIpc) is 2.17. The standard InChI is InChI=1S/C11H14BF3N.K/c1-10(12(13,14)15)8-16(2)9-11-6-4-3-5-7-11;/h3-7H,1,8-9H2,2H3;/q-1;+1. The molecular formula is C11H14BF3KN. The molecule has 1 rings (SSSR count). The average molecular weight is 267 g/mol. The maximum atomic E-state index is 12.3. The Labute approximate surface area is 143 Å². The van der Waals surface area contributed by atoms with Crippen molar-refractivity contribution < 1.29 is 64.3 Å². The van der Waals surface area contributed by atoms with Gasteiger partial charge < -0.3 is 17.8 Å². The summed E-state index contributed by atoms with van der Waals surface area (Å²) in [6, 6.07) is 9.38. The van der Waals surface area contributed by atoms with Crippen LogP contribution in [0.15, 0.2) is 42.4 Å². The fourth-order valence-corrected chi connectivity index (χ4v) is 1.40. The van der Waals surface area contributed by atoms with Gasteiger partial charge in [0.2, 0.25) is 0 Å². The van der Waals surface area contributed by atoms with Gasteiger partial charge in [0.25, 0.3) is 0 Å². The summed E-state index contributed by atoms with van der Waals surface area (Å²) >= 11 is 0. The second kappa shape index (κ2) is 7.76. The first-order valence-corrected chi connectivity index (χ1v) is 4.99. The van der Waals surface area contributed by atoms with Crippen LogP contribution in [-0.4, -0.2) is 25.5 Å². The normalized spacial score (nSPS) is 11.1. The SMILES string of the molecule is C=C(CN(C)Cc1ccccc1)[B-](F)(F)F.[K+]. The van der Waals surface area contributed by atoms with Crippen molar-refractivity contribution in [2.75, 3.05) is 13.6 Å². The van der Waals surface area contributed by atoms with Gasteiger partial charge >= 0.3 is 58.4 Å². The number of likely N-dealkylation sites (N-methyl/N-ethyl adjacent to an activating group) is 1. The number of benzene rings is 1. The number of hydrogen-bond donors (Lipinski definition) is 0. The predicted octanol–water partition coefficient (Wildman–Crippen LogP) is 0.0652. The maximum Gasteiger partial charge on any atom is 1.00 e. The van der Waals surface area contributed by atoms with E-state index in [0.29, 0.717) is 6.54 Å². The quantitative estimate of drug-likeness (QED) is 0.682. The summed E-state index contributed by atoms with van der Waals surface area (Å²) in [5.74, 6) is 0. The van der Waals surface area contributed by atoms with Gasteiger partial charge in [-0.1, -0.05) is 30.3 Å². The maximum absolute atomic E-state index is 12.3. The first kappa shape index (κ1) is 17.4. The topological polar surface area (TPSA) is 3.24 Å². The number of halogens is 3. The molecule has 0 heterocycles. The fourth-order valence-electron chi connectivity index (χ4n) is 1.40. The molecule has 0 aliphatic carbocycles. The van der Waals surface area contributed by atoms with Crippen LogP contribution in [0.1, 0.15) is 5.56 Å². The largest absolute Gasteiger partial charge is 1.00 e. The molecule has 1 aromatic rings. The number of hydrogen-bond acceptors (Lipinski definition) is 1. The number of nitrogens with zero attached hydrogens (tertiary/aromatic N) is 1. The summed E-state index contributed by atoms with van der Waals surface area (Å²) < 4.78 is 36.9. The van der Waals surface area contributed by atoms with Crippen LogP contribution < -0.4 is 51.4 Å². The molecule has 0 saturated carbocycles. The minimum atomic E-state index is -4.92. The summed E-state index contributed by atoms with van der Waals surface area (Å²) in [5, 5.41) is 0. The molecule has 88 valence electrons. The van der Waals surface area contributed by atoms with Crippen LogP contribution in [0, 0.1) is 0 Å². The van der Waals surface area contributed by atoms with E-state index in [1.807, 2.05) is 30.3 Å². The summed E-state index contributed by atoms with van der Waals surface area (Å²) in [6.45, 7) is -1.50. The van der Waals surface area contributed by atoms with Crippen LogP contribution >= 0.6 is 0 Å². The smallest absolute Gasteiger partial charge is 0.445 e. The van der Waals surface area contributed by atoms with Gasteiger partial charge in [-0.3, -0.25) is 0 Å². The van der Waals surface area contributed by atoms with Crippen LogP contribution in [0.5, 0.6) is 0 Å². The molecular weight excluding hydrogens is 253 g/mol. The van der Waals surface area contributed by atoms with Crippen molar-refractivity contribution >= 4 is 6.98 Å². The zero-order valence-corrected chi connectivity index (χ0v) is 13.3. The molecule has 0 fully saturated rings. The Morgan fingerprint density at radius 1 is 1.24 bits per heavy atom. The van der Waals surface area contributed by atoms with E-state index in [4.69, 9.17) is 0 Å². The zero-order valence-electron chi connectivity index (χ0n) is 10.2. The van der Waals surface area contributed by atoms with Crippen molar-refractivity contribution in [1.82, 2.24) is 4.90 Å². The van der Waals surface area contributed by atoms with E-state index in [-0.39, 0.29) is 57.9 Å². The third kappa shape index (κ3) is 6.79. The van der Waals surface area contributed by atoms with Gasteiger partial charge in [0.15, 0.2) is 0 Å². The minimum absolute atomic E-state index is 0. The molecule has 0 amide bonds. The van der Waals surface area contributed by atoms with Gasteiger partial charge in [0, 0.05) is 6.54 Å². The second-order valence-electron chi connectivity index (χ2n) is 3.89. The van der Waals surface area contributed by atoms with Crippen LogP contribution in [0.3, 0.4) is 0 Å². The molecule has 0 unspecified atom stereocenters. The van der Waals surface area contributed by atoms with Crippen molar-refractivity contribution in [3.8, 4) is 0 Å². The molecule has 6 heteroatoms. The first-order chi connectivity index (χ1) is 7.39. The van der Waals surface area contributed by atoms with E-state index in [2.05, 4.69) is 6.58 Å². The molecule has 0 aromatic heterocycles. The Bertz CT molecular complexity index is 353. The minimum Gasteiger partial charge on any atom is -0.445 e. The van der Waals surface area contributed by atoms with E-state index in [1.165, 1.54) is 0 Å². The summed E-state index contributed by atoms with van der Waals surface area (Å²) in [7, 11) is 1.65. The monoisotopic (exact) mass is 267 g/mol. The van der Waals surface area contributed by atoms with Crippen molar-refractivity contribution in [3.63, 3.8) is 0 Å². The van der Waals surface area contributed by atoms with Crippen molar-refractivity contribution in [3.05, 3.63) is 47.9 Å². The molecule has 0 radical (unpaired) electrons. The van der Waals surface area contributed by atoms with Crippen LogP contribution in [0.25, 0.3) is 0 Å². The fraction of sp³-hybridized carbons (Fsp3) is 0.273. The molecule has 1 nitrogen and oxygen atoms in total. The molecule has 0 aliphatic rings. The van der Waals surface area contributed by atoms with Crippen LogP contribution in [0.2, 0.25) is 0 Å². The molecule has 0 spiro atoms. The van der Waals surface area contributed by atoms with Crippen LogP contribution in [-0.2, 0) is 6.54 Å². The van der Waals surface area contributed by atoms with Crippen molar-refractivity contribution in [1.29, 1.82) is 0 Å². The van der Waals surface area contributed by atoms with Gasteiger partial charge in [-0.2, -0.15) is 0 Å². The van der Waals surface area contributed by atoms with Gasteiger partial charge in [0.1, 0.15) is 0 Å². The Balaban J connectivity index is 0.00000256. The van der Waals surface area contributed by atoms with E-state index in [9.17, 15) is 12.9 Å². The summed E-state index contributed by atoms with van der Waals surface area (Å²) in [4.78, 5) is 1.60. The molecule has 0 saturated heterocycles. The number of rotatable bonds is 5. The van der Waals surface area contributed by atoms with Gasteiger partial charge in [0.05, 0.1) is 0 Å². The second-order valence-corrected chi connectivity index (χ2v) is 3.89. The summed E-state index contributed by atoms with van der Waals surface area (Å²) in [5.41, 5.74) is 0.339. The van der Waals surface area contributed by atoms with E-state index in [1.54, 1.807) is 11.9 Å². The Morgan fingerprint density at radius 2 is 1.76 bits per heavy atom. The molecule has 17 heavy (non-hydrogen) atoms. The van der Waals surface area contributed by atoms with E-state index in [0.717, 1.165) is 5.56 Å². The Kier molecular flexibility index (Phi) is 7.95. The third-order valence-electron chi connectivity index (χ3n) is 2.23. The van der Waals surface area contributed by atoms with Crippen molar-refractivity contribution in [2.24, 2.45) is 0 Å². The summed E-state index contributed by atoms with van der Waals surface area (Å²) in [6.07, 6.45) is 0. The molecule has 0 N–H and O–H groups in total. The first-order valence-electron chi connectivity index (χ1n) is 4.99. The van der Waals surface area contributed by atoms with E-state index >= 15 is 0 Å². The third-order valence-corrected chi connectivity index (χ3v) is 2.23. The van der Waals surface area contributed by atoms with Crippen LogP contribution in [0.4, 0.5) is 12.9 Å². The van der Waals surface area contributed by atoms with Gasteiger partial charge in [-0.15, -0.1) is 12.1 Å².